The number of carbonyl (C=O) groups is 2. The molecule has 1 amide bonds. The number of nitrogens with two attached hydrogens (primary N) is 1. The van der Waals surface area contributed by atoms with Crippen molar-refractivity contribution in [3.63, 3.8) is 0 Å². The first-order chi connectivity index (χ1) is 9.52. The first kappa shape index (κ1) is 16.3. The van der Waals surface area contributed by atoms with Crippen molar-refractivity contribution in [2.24, 2.45) is 0 Å². The normalized spacial score (nSPS) is 10.1. The molecule has 0 aliphatic rings. The second kappa shape index (κ2) is 8.42. The second-order valence-electron chi connectivity index (χ2n) is 4.01. The summed E-state index contributed by atoms with van der Waals surface area (Å²) in [6.45, 7) is 0. The first-order valence-electron chi connectivity index (χ1n) is 6.02. The quantitative estimate of drug-likeness (QED) is 0.457. The number of methoxy groups -OCH3 is 1. The van der Waals surface area contributed by atoms with Gasteiger partial charge in [0.2, 0.25) is 5.91 Å². The molecule has 0 saturated heterocycles. The molecule has 0 spiro atoms. The summed E-state index contributed by atoms with van der Waals surface area (Å²) in [5.41, 5.74) is 6.18. The number of anilines is 2. The number of nitrogens with one attached hydrogen (secondary N) is 1. The number of esters is 1. The molecule has 0 aliphatic carbocycles. The number of ether oxygens (including phenoxy) is 1. The standard InChI is InChI=1S/C13H17FN2O3S/c1-19-13(18)8-20-6-2-3-12(17)16-11-5-4-9(14)7-10(11)15/h4-5,7H,2-3,6,8,15H2,1H3,(H,16,17). The van der Waals surface area contributed by atoms with E-state index in [2.05, 4.69) is 10.1 Å². The fourth-order valence-corrected chi connectivity index (χ4v) is 2.19. The molecular formula is C13H17FN2O3S. The third-order valence-electron chi connectivity index (χ3n) is 2.43. The lowest BCUT2D eigenvalue weighted by Crippen LogP contribution is -2.13. The zero-order chi connectivity index (χ0) is 15.0. The highest BCUT2D eigenvalue weighted by atomic mass is 32.2. The van der Waals surface area contributed by atoms with E-state index in [1.165, 1.54) is 31.0 Å². The number of halogens is 1. The summed E-state index contributed by atoms with van der Waals surface area (Å²) >= 11 is 1.41. The minimum atomic E-state index is -0.445. The molecule has 5 nitrogen and oxygen atoms in total. The molecule has 0 aromatic heterocycles. The van der Waals surface area contributed by atoms with Crippen LogP contribution in [0.2, 0.25) is 0 Å². The monoisotopic (exact) mass is 300 g/mol. The Hall–Kier alpha value is -1.76. The van der Waals surface area contributed by atoms with Gasteiger partial charge in [0.25, 0.3) is 0 Å². The Morgan fingerprint density at radius 2 is 2.20 bits per heavy atom. The molecule has 0 heterocycles. The molecule has 3 N–H and O–H groups in total. The molecule has 1 rings (SSSR count). The molecular weight excluding hydrogens is 283 g/mol. The maximum Gasteiger partial charge on any atom is 0.315 e. The molecule has 1 aromatic rings. The fourth-order valence-electron chi connectivity index (χ4n) is 1.41. The molecule has 0 radical (unpaired) electrons. The van der Waals surface area contributed by atoms with E-state index in [9.17, 15) is 14.0 Å². The van der Waals surface area contributed by atoms with Crippen LogP contribution in [0.4, 0.5) is 15.8 Å². The van der Waals surface area contributed by atoms with Crippen LogP contribution >= 0.6 is 11.8 Å². The van der Waals surface area contributed by atoms with Crippen molar-refractivity contribution in [3.8, 4) is 0 Å². The van der Waals surface area contributed by atoms with Crippen LogP contribution in [0.5, 0.6) is 0 Å². The summed E-state index contributed by atoms with van der Waals surface area (Å²) in [6.07, 6.45) is 0.944. The summed E-state index contributed by atoms with van der Waals surface area (Å²) in [6, 6.07) is 3.81. The molecule has 1 aromatic carbocycles. The zero-order valence-electron chi connectivity index (χ0n) is 11.1. The maximum atomic E-state index is 12.8. The highest BCUT2D eigenvalue weighted by Crippen LogP contribution is 2.19. The number of hydrogen-bond donors (Lipinski definition) is 2. The van der Waals surface area contributed by atoms with E-state index < -0.39 is 5.82 Å². The van der Waals surface area contributed by atoms with Gasteiger partial charge in [0.05, 0.1) is 24.2 Å². The molecule has 0 atom stereocenters. The van der Waals surface area contributed by atoms with Crippen molar-refractivity contribution in [1.82, 2.24) is 0 Å². The fraction of sp³-hybridized carbons (Fsp3) is 0.385. The van der Waals surface area contributed by atoms with Crippen LogP contribution in [0.25, 0.3) is 0 Å². The van der Waals surface area contributed by atoms with Gasteiger partial charge in [0.15, 0.2) is 0 Å². The average molecular weight is 300 g/mol. The minimum Gasteiger partial charge on any atom is -0.468 e. The van der Waals surface area contributed by atoms with Crippen LogP contribution in [0.15, 0.2) is 18.2 Å². The number of benzene rings is 1. The van der Waals surface area contributed by atoms with Gasteiger partial charge in [-0.15, -0.1) is 0 Å². The van der Waals surface area contributed by atoms with Gasteiger partial charge in [-0.25, -0.2) is 4.39 Å². The topological polar surface area (TPSA) is 81.4 Å². The number of thioether (sulfide) groups is 1. The Labute approximate surface area is 121 Å². The largest absolute Gasteiger partial charge is 0.468 e. The lowest BCUT2D eigenvalue weighted by atomic mass is 10.2. The van der Waals surface area contributed by atoms with E-state index in [1.54, 1.807) is 0 Å². The van der Waals surface area contributed by atoms with Gasteiger partial charge in [-0.05, 0) is 30.4 Å². The van der Waals surface area contributed by atoms with E-state index in [4.69, 9.17) is 5.73 Å². The molecule has 20 heavy (non-hydrogen) atoms. The molecule has 0 fully saturated rings. The van der Waals surface area contributed by atoms with Crippen LogP contribution in [-0.2, 0) is 14.3 Å². The number of rotatable bonds is 7. The molecule has 0 unspecified atom stereocenters. The lowest BCUT2D eigenvalue weighted by molar-refractivity contribution is -0.137. The van der Waals surface area contributed by atoms with Gasteiger partial charge >= 0.3 is 5.97 Å². The molecule has 0 bridgehead atoms. The van der Waals surface area contributed by atoms with E-state index >= 15 is 0 Å². The van der Waals surface area contributed by atoms with Gasteiger partial charge < -0.3 is 15.8 Å². The van der Waals surface area contributed by atoms with Crippen LogP contribution < -0.4 is 11.1 Å². The highest BCUT2D eigenvalue weighted by molar-refractivity contribution is 7.99. The molecule has 110 valence electrons. The number of hydrogen-bond acceptors (Lipinski definition) is 5. The van der Waals surface area contributed by atoms with Crippen molar-refractivity contribution in [2.45, 2.75) is 12.8 Å². The lowest BCUT2D eigenvalue weighted by Gasteiger charge is -2.08. The van der Waals surface area contributed by atoms with Crippen LogP contribution in [0, 0.1) is 5.82 Å². The van der Waals surface area contributed by atoms with Crippen LogP contribution in [-0.4, -0.2) is 30.5 Å². The minimum absolute atomic E-state index is 0.193. The van der Waals surface area contributed by atoms with E-state index in [0.29, 0.717) is 24.3 Å². The molecule has 7 heteroatoms. The number of amides is 1. The van der Waals surface area contributed by atoms with Gasteiger partial charge in [-0.2, -0.15) is 11.8 Å². The average Bonchev–Trinajstić information content (AvgIpc) is 2.41. The summed E-state index contributed by atoms with van der Waals surface area (Å²) in [4.78, 5) is 22.5. The van der Waals surface area contributed by atoms with Crippen molar-refractivity contribution < 1.29 is 18.7 Å². The third kappa shape index (κ3) is 5.92. The Morgan fingerprint density at radius 3 is 2.85 bits per heavy atom. The van der Waals surface area contributed by atoms with E-state index in [1.807, 2.05) is 0 Å². The number of carbonyl (C=O) groups excluding carboxylic acids is 2. The van der Waals surface area contributed by atoms with Crippen molar-refractivity contribution in [2.75, 3.05) is 29.7 Å². The van der Waals surface area contributed by atoms with Gasteiger partial charge in [0.1, 0.15) is 5.82 Å². The Balaban J connectivity index is 2.25. The smallest absolute Gasteiger partial charge is 0.315 e. The first-order valence-corrected chi connectivity index (χ1v) is 7.18. The van der Waals surface area contributed by atoms with Crippen LogP contribution in [0.1, 0.15) is 12.8 Å². The Kier molecular flexibility index (Phi) is 6.86. The Bertz CT molecular complexity index is 483. The molecule has 0 saturated carbocycles. The second-order valence-corrected chi connectivity index (χ2v) is 5.12. The number of nitrogen functional groups attached to an aromatic ring is 1. The zero-order valence-corrected chi connectivity index (χ0v) is 12.0. The summed E-state index contributed by atoms with van der Waals surface area (Å²) in [5, 5.41) is 2.62. The van der Waals surface area contributed by atoms with Gasteiger partial charge in [0, 0.05) is 6.42 Å². The van der Waals surface area contributed by atoms with Crippen molar-refractivity contribution in [1.29, 1.82) is 0 Å². The van der Waals surface area contributed by atoms with Crippen molar-refractivity contribution >= 4 is 35.0 Å². The van der Waals surface area contributed by atoms with Crippen molar-refractivity contribution in [3.05, 3.63) is 24.0 Å². The highest BCUT2D eigenvalue weighted by Gasteiger charge is 2.06. The maximum absolute atomic E-state index is 12.8. The van der Waals surface area contributed by atoms with Gasteiger partial charge in [-0.1, -0.05) is 0 Å². The van der Waals surface area contributed by atoms with Crippen LogP contribution in [0.3, 0.4) is 0 Å². The SMILES string of the molecule is COC(=O)CSCCCC(=O)Nc1ccc(F)cc1N. The predicted molar refractivity (Wildman–Crippen MR) is 78.0 cm³/mol. The van der Waals surface area contributed by atoms with E-state index in [-0.39, 0.29) is 23.3 Å². The predicted octanol–water partition coefficient (Wildman–Crippen LogP) is 2.03. The summed E-state index contributed by atoms with van der Waals surface area (Å²) in [7, 11) is 1.34. The molecule has 0 aliphatic heterocycles. The third-order valence-corrected chi connectivity index (χ3v) is 3.44. The Morgan fingerprint density at radius 1 is 1.45 bits per heavy atom. The summed E-state index contributed by atoms with van der Waals surface area (Å²) < 4.78 is 17.3. The summed E-state index contributed by atoms with van der Waals surface area (Å²) in [5.74, 6) is 0.0463. The van der Waals surface area contributed by atoms with E-state index in [0.717, 1.165) is 6.07 Å². The van der Waals surface area contributed by atoms with Gasteiger partial charge in [-0.3, -0.25) is 9.59 Å².